The van der Waals surface area contributed by atoms with E-state index in [-0.39, 0.29) is 11.9 Å². The molecule has 2 unspecified atom stereocenters. The molecule has 2 fully saturated rings. The maximum Gasteiger partial charge on any atom is 0.280 e. The van der Waals surface area contributed by atoms with Gasteiger partial charge in [-0.1, -0.05) is 0 Å². The van der Waals surface area contributed by atoms with Gasteiger partial charge < -0.3 is 24.8 Å². The average molecular weight is 709 g/mol. The van der Waals surface area contributed by atoms with Gasteiger partial charge in [-0.05, 0) is 98.9 Å². The number of hydrogen-bond acceptors (Lipinski definition) is 8. The molecule has 1 aliphatic carbocycles. The number of nitrogens with zero attached hydrogens (tertiary/aromatic N) is 7. The Labute approximate surface area is 301 Å². The molecule has 4 aliphatic rings. The quantitative estimate of drug-likeness (QED) is 0.282. The van der Waals surface area contributed by atoms with Crippen molar-refractivity contribution < 1.29 is 23.1 Å². The van der Waals surface area contributed by atoms with Gasteiger partial charge in [-0.15, -0.1) is 0 Å². The highest BCUT2D eigenvalue weighted by Crippen LogP contribution is 2.45. The van der Waals surface area contributed by atoms with Gasteiger partial charge >= 0.3 is 0 Å². The van der Waals surface area contributed by atoms with Crippen LogP contribution in [-0.2, 0) is 13.5 Å². The zero-order valence-corrected chi connectivity index (χ0v) is 29.6. The number of aliphatic imine (C=N–C) groups is 1. The number of aromatic nitrogens is 3. The molecule has 2 bridgehead atoms. The Bertz CT molecular complexity index is 2050. The zero-order chi connectivity index (χ0) is 36.1. The fraction of sp³-hybridized carbons (Fsp3) is 0.410. The third-order valence-corrected chi connectivity index (χ3v) is 10.9. The van der Waals surface area contributed by atoms with E-state index in [9.17, 15) is 18.4 Å². The molecule has 1 saturated carbocycles. The minimum absolute atomic E-state index is 0.0633. The van der Waals surface area contributed by atoms with Crippen molar-refractivity contribution in [3.05, 3.63) is 88.7 Å². The number of likely N-dealkylation sites (tertiary alicyclic amines) is 1. The van der Waals surface area contributed by atoms with Crippen LogP contribution in [0.2, 0.25) is 0 Å². The van der Waals surface area contributed by atoms with E-state index in [1.54, 1.807) is 23.0 Å². The molecular weight excluding hydrogens is 666 g/mol. The Morgan fingerprint density at radius 1 is 1.04 bits per heavy atom. The Kier molecular flexibility index (Phi) is 8.98. The van der Waals surface area contributed by atoms with Crippen molar-refractivity contribution in [3.8, 4) is 17.1 Å². The third kappa shape index (κ3) is 6.89. The van der Waals surface area contributed by atoms with Crippen molar-refractivity contribution in [2.45, 2.75) is 45.1 Å². The Hall–Kier alpha value is -5.17. The maximum atomic E-state index is 13.9. The first-order valence-electron chi connectivity index (χ1n) is 18.0. The van der Waals surface area contributed by atoms with Crippen LogP contribution < -0.4 is 15.0 Å². The smallest absolute Gasteiger partial charge is 0.280 e. The van der Waals surface area contributed by atoms with Crippen LogP contribution >= 0.6 is 0 Å². The lowest BCUT2D eigenvalue weighted by Gasteiger charge is -2.37. The summed E-state index contributed by atoms with van der Waals surface area (Å²) in [4.78, 5) is 43.1. The topological polar surface area (TPSA) is 108 Å². The van der Waals surface area contributed by atoms with Crippen LogP contribution in [0.5, 0.6) is 5.88 Å². The first-order valence-corrected chi connectivity index (χ1v) is 18.0. The minimum Gasteiger partial charge on any atom is -0.477 e. The highest BCUT2D eigenvalue weighted by atomic mass is 19.1. The summed E-state index contributed by atoms with van der Waals surface area (Å²) in [5.74, 6) is 0.330. The van der Waals surface area contributed by atoms with Crippen molar-refractivity contribution in [2.75, 3.05) is 50.1 Å². The molecule has 5 heterocycles. The van der Waals surface area contributed by atoms with Crippen LogP contribution in [0.15, 0.2) is 59.7 Å². The van der Waals surface area contributed by atoms with E-state index in [1.165, 1.54) is 12.1 Å². The van der Waals surface area contributed by atoms with Crippen molar-refractivity contribution in [1.29, 1.82) is 0 Å². The summed E-state index contributed by atoms with van der Waals surface area (Å²) in [6.45, 7) is 5.34. The molecule has 2 atom stereocenters. The Morgan fingerprint density at radius 2 is 1.83 bits per heavy atom. The molecule has 1 saturated heterocycles. The fourth-order valence-corrected chi connectivity index (χ4v) is 7.80. The van der Waals surface area contributed by atoms with Gasteiger partial charge in [0.1, 0.15) is 11.6 Å². The van der Waals surface area contributed by atoms with E-state index in [1.807, 2.05) is 49.0 Å². The summed E-state index contributed by atoms with van der Waals surface area (Å²) in [5.41, 5.74) is 5.26. The molecule has 8 rings (SSSR count). The van der Waals surface area contributed by atoms with Crippen LogP contribution in [0, 0.1) is 30.4 Å². The lowest BCUT2D eigenvalue weighted by Crippen LogP contribution is -2.46. The van der Waals surface area contributed by atoms with Crippen LogP contribution in [0.4, 0.5) is 20.2 Å². The number of carbonyl (C=O) groups is 2. The predicted octanol–water partition coefficient (Wildman–Crippen LogP) is 5.69. The summed E-state index contributed by atoms with van der Waals surface area (Å²) in [6, 6.07) is 12.8. The van der Waals surface area contributed by atoms with E-state index in [4.69, 9.17) is 4.74 Å². The number of halogens is 2. The molecular formula is C39H42F2N8O3. The van der Waals surface area contributed by atoms with Gasteiger partial charge in [0.15, 0.2) is 0 Å². The van der Waals surface area contributed by atoms with E-state index in [0.717, 1.165) is 61.8 Å². The molecule has 2 aromatic heterocycles. The second-order valence-corrected chi connectivity index (χ2v) is 14.5. The molecule has 11 nitrogen and oxygen atoms in total. The third-order valence-electron chi connectivity index (χ3n) is 10.9. The summed E-state index contributed by atoms with van der Waals surface area (Å²) in [5, 5.41) is 7.76. The number of benzene rings is 2. The van der Waals surface area contributed by atoms with Crippen molar-refractivity contribution in [3.63, 3.8) is 0 Å². The van der Waals surface area contributed by atoms with E-state index < -0.39 is 17.5 Å². The molecule has 52 heavy (non-hydrogen) atoms. The van der Waals surface area contributed by atoms with Crippen molar-refractivity contribution >= 4 is 29.1 Å². The molecule has 4 aromatic rings. The zero-order valence-electron chi connectivity index (χ0n) is 29.6. The highest BCUT2D eigenvalue weighted by Gasteiger charge is 2.41. The summed E-state index contributed by atoms with van der Waals surface area (Å²) >= 11 is 0. The van der Waals surface area contributed by atoms with Crippen molar-refractivity contribution in [1.82, 2.24) is 24.6 Å². The molecule has 0 radical (unpaired) electrons. The number of anilines is 2. The van der Waals surface area contributed by atoms with Crippen molar-refractivity contribution in [2.24, 2.45) is 23.9 Å². The first-order chi connectivity index (χ1) is 25.1. The molecule has 2 aromatic carbocycles. The maximum absolute atomic E-state index is 13.9. The van der Waals surface area contributed by atoms with Crippen LogP contribution in [0.3, 0.4) is 0 Å². The number of aryl methyl sites for hydroxylation is 2. The molecule has 13 heteroatoms. The number of amides is 2. The number of piperidine rings is 1. The number of carbonyl (C=O) groups excluding carboxylic acids is 2. The van der Waals surface area contributed by atoms with E-state index in [0.29, 0.717) is 77.9 Å². The largest absolute Gasteiger partial charge is 0.477 e. The number of fused-ring (bicyclic) bond motifs is 8. The lowest BCUT2D eigenvalue weighted by atomic mass is 10.0. The van der Waals surface area contributed by atoms with E-state index in [2.05, 4.69) is 25.3 Å². The average Bonchev–Trinajstić information content (AvgIpc) is 3.63. The van der Waals surface area contributed by atoms with Gasteiger partial charge in [-0.25, -0.2) is 13.5 Å². The van der Waals surface area contributed by atoms with Crippen LogP contribution in [-0.4, -0.2) is 88.2 Å². The number of guanidine groups is 1. The fourth-order valence-electron chi connectivity index (χ4n) is 7.80. The minimum atomic E-state index is -0.558. The van der Waals surface area contributed by atoms with Gasteiger partial charge in [-0.2, -0.15) is 10.1 Å². The number of nitrogens with one attached hydrogen (secondary N) is 1. The van der Waals surface area contributed by atoms with Gasteiger partial charge in [0, 0.05) is 69.2 Å². The number of pyridine rings is 1. The summed E-state index contributed by atoms with van der Waals surface area (Å²) < 4.78 is 35.2. The summed E-state index contributed by atoms with van der Waals surface area (Å²) in [7, 11) is 3.69. The lowest BCUT2D eigenvalue weighted by molar-refractivity contribution is 0.0643. The Morgan fingerprint density at radius 3 is 2.62 bits per heavy atom. The first kappa shape index (κ1) is 33.9. The SMILES string of the molecule is Cc1cc2cc(n1)-c1cnn(C)c1OCCC1CC1CN1/C(=N/C2=O)Nc2ccc(C(=O)N(C)C3CCN(CCc4cc(F)cc(F)c4)CC3)cc21. The van der Waals surface area contributed by atoms with Gasteiger partial charge in [-0.3, -0.25) is 14.6 Å². The molecule has 1 N–H and O–H groups in total. The highest BCUT2D eigenvalue weighted by molar-refractivity contribution is 6.19. The number of hydrogen-bond donors (Lipinski definition) is 1. The molecule has 0 spiro atoms. The molecule has 3 aliphatic heterocycles. The number of rotatable bonds is 5. The van der Waals surface area contributed by atoms with E-state index >= 15 is 0 Å². The van der Waals surface area contributed by atoms with Gasteiger partial charge in [0.25, 0.3) is 11.8 Å². The monoisotopic (exact) mass is 708 g/mol. The molecule has 2 amide bonds. The van der Waals surface area contributed by atoms with Crippen LogP contribution in [0.1, 0.15) is 57.7 Å². The predicted molar refractivity (Wildman–Crippen MR) is 194 cm³/mol. The van der Waals surface area contributed by atoms with Gasteiger partial charge in [0.05, 0.1) is 35.4 Å². The normalized spacial score (nSPS) is 21.3. The van der Waals surface area contributed by atoms with Crippen LogP contribution in [0.25, 0.3) is 11.3 Å². The second-order valence-electron chi connectivity index (χ2n) is 14.5. The standard InChI is InChI=1S/C39H42F2N8O3/c1-23-14-27-18-34(43-23)32-21-42-47(3)38(32)52-13-9-25-17-28(25)22-49-35-19-26(4-5-33(35)44-39(49)45-36(27)50)37(51)46(2)31-7-11-48(12-8-31)10-6-24-15-29(40)20-30(41)16-24/h4-5,14-16,18-21,25,28,31H,6-13,17,22H2,1-3H3,(H,44,45,50). The Balaban J connectivity index is 0.990. The number of ether oxygens (including phenoxy) is 1. The summed E-state index contributed by atoms with van der Waals surface area (Å²) in [6.07, 6.45) is 5.81. The second kappa shape index (κ2) is 13.8. The van der Waals surface area contributed by atoms with Gasteiger partial charge in [0.2, 0.25) is 11.8 Å². The molecule has 270 valence electrons.